The molecule has 164 valence electrons. The Hall–Kier alpha value is -3.42. The third-order valence-electron chi connectivity index (χ3n) is 5.49. The Morgan fingerprint density at radius 2 is 1.90 bits per heavy atom. The van der Waals surface area contributed by atoms with Crippen molar-refractivity contribution in [3.05, 3.63) is 52.3 Å². The van der Waals surface area contributed by atoms with Crippen molar-refractivity contribution in [1.82, 2.24) is 4.98 Å². The third-order valence-corrected chi connectivity index (χ3v) is 5.49. The lowest BCUT2D eigenvalue weighted by Gasteiger charge is -2.25. The zero-order chi connectivity index (χ0) is 22.9. The number of carbonyl (C=O) groups excluding carboxylic acids is 4. The number of aromatic amines is 1. The third kappa shape index (κ3) is 4.23. The molecule has 0 unspecified atom stereocenters. The van der Waals surface area contributed by atoms with Crippen LogP contribution in [0.5, 0.6) is 0 Å². The summed E-state index contributed by atoms with van der Waals surface area (Å²) in [4.78, 5) is 54.0. The number of Topliss-reactive ketones (excluding diaryl/α,β-unsaturated/α-hetero) is 1. The minimum Gasteiger partial charge on any atom is -0.465 e. The Bertz CT molecular complexity index is 1050. The molecule has 0 saturated heterocycles. The molecule has 1 aliphatic heterocycles. The number of rotatable bonds is 6. The highest BCUT2D eigenvalue weighted by molar-refractivity contribution is 6.02. The Labute approximate surface area is 180 Å². The van der Waals surface area contributed by atoms with E-state index in [9.17, 15) is 19.2 Å². The van der Waals surface area contributed by atoms with E-state index in [0.29, 0.717) is 5.56 Å². The number of ketones is 1. The van der Waals surface area contributed by atoms with Crippen LogP contribution in [0.15, 0.2) is 24.3 Å². The monoisotopic (exact) mass is 426 g/mol. The largest absolute Gasteiger partial charge is 0.465 e. The molecule has 0 spiro atoms. The molecule has 31 heavy (non-hydrogen) atoms. The van der Waals surface area contributed by atoms with E-state index in [1.165, 1.54) is 21.0 Å². The van der Waals surface area contributed by atoms with Crippen LogP contribution in [0.4, 0.5) is 5.69 Å². The van der Waals surface area contributed by atoms with Gasteiger partial charge in [-0.25, -0.2) is 4.79 Å². The number of amides is 1. The first-order valence-electron chi connectivity index (χ1n) is 10.1. The summed E-state index contributed by atoms with van der Waals surface area (Å²) in [7, 11) is 1.22. The van der Waals surface area contributed by atoms with Gasteiger partial charge in [0.15, 0.2) is 11.9 Å². The second-order valence-electron chi connectivity index (χ2n) is 7.73. The number of carbonyl (C=O) groups is 4. The number of esters is 2. The van der Waals surface area contributed by atoms with E-state index >= 15 is 0 Å². The van der Waals surface area contributed by atoms with E-state index in [0.717, 1.165) is 17.7 Å². The van der Waals surface area contributed by atoms with Crippen molar-refractivity contribution < 1.29 is 28.7 Å². The van der Waals surface area contributed by atoms with Gasteiger partial charge in [-0.15, -0.1) is 0 Å². The van der Waals surface area contributed by atoms with Crippen LogP contribution in [0, 0.1) is 6.92 Å². The number of aromatic nitrogens is 1. The van der Waals surface area contributed by atoms with E-state index < -0.39 is 18.0 Å². The molecule has 1 N–H and O–H groups in total. The number of fused-ring (bicyclic) bond motifs is 1. The molecule has 1 amide bonds. The van der Waals surface area contributed by atoms with Gasteiger partial charge in [0.1, 0.15) is 0 Å². The number of methoxy groups -OCH3 is 1. The number of anilines is 1. The summed E-state index contributed by atoms with van der Waals surface area (Å²) in [5.74, 6) is -1.93. The van der Waals surface area contributed by atoms with Gasteiger partial charge in [0.25, 0.3) is 5.91 Å². The van der Waals surface area contributed by atoms with Crippen molar-refractivity contribution in [2.75, 3.05) is 12.0 Å². The van der Waals surface area contributed by atoms with Crippen LogP contribution in [0.3, 0.4) is 0 Å². The fraction of sp³-hybridized carbons (Fsp3) is 0.391. The number of H-pyrrole nitrogens is 1. The van der Waals surface area contributed by atoms with Crippen LogP contribution in [0.25, 0.3) is 0 Å². The van der Waals surface area contributed by atoms with E-state index in [2.05, 4.69) is 4.98 Å². The Morgan fingerprint density at radius 1 is 1.23 bits per heavy atom. The molecule has 0 radical (unpaired) electrons. The number of benzene rings is 1. The first kappa shape index (κ1) is 22.3. The topological polar surface area (TPSA) is 106 Å². The molecule has 2 aromatic rings. The predicted molar refractivity (Wildman–Crippen MR) is 113 cm³/mol. The number of para-hydroxylation sites is 1. The fourth-order valence-corrected chi connectivity index (χ4v) is 4.05. The van der Waals surface area contributed by atoms with Gasteiger partial charge in [0, 0.05) is 24.3 Å². The van der Waals surface area contributed by atoms with Crippen LogP contribution in [-0.4, -0.2) is 47.9 Å². The van der Waals surface area contributed by atoms with Crippen molar-refractivity contribution in [3.8, 4) is 0 Å². The number of ether oxygens (including phenoxy) is 2. The summed E-state index contributed by atoms with van der Waals surface area (Å²) in [6.07, 6.45) is -0.575. The number of hydrogen-bond donors (Lipinski definition) is 1. The average Bonchev–Trinajstić information content (AvgIpc) is 3.22. The lowest BCUT2D eigenvalue weighted by atomic mass is 10.1. The van der Waals surface area contributed by atoms with Gasteiger partial charge in [-0.2, -0.15) is 0 Å². The maximum absolute atomic E-state index is 13.0. The first-order valence-corrected chi connectivity index (χ1v) is 10.1. The standard InChI is InChI=1S/C23H26N2O6/c1-12-10-16-8-6-7-9-18(16)25(12)22(28)15(4)31-19(27)11-17-20(23(29)30-5)13(2)21(24-17)14(3)26/h6-9,12,15,24H,10-11H2,1-5H3/t12-,15+/m1/s1. The van der Waals surface area contributed by atoms with Gasteiger partial charge >= 0.3 is 11.9 Å². The SMILES string of the molecule is COC(=O)c1c(CC(=O)O[C@@H](C)C(=O)N2c3ccccc3C[C@H]2C)[nH]c(C(C)=O)c1C. The molecule has 8 nitrogen and oxygen atoms in total. The van der Waals surface area contributed by atoms with Crippen molar-refractivity contribution in [2.24, 2.45) is 0 Å². The molecule has 0 bridgehead atoms. The van der Waals surface area contributed by atoms with Crippen LogP contribution in [-0.2, 0) is 31.9 Å². The van der Waals surface area contributed by atoms with E-state index in [1.54, 1.807) is 11.8 Å². The number of nitrogens with zero attached hydrogens (tertiary/aromatic N) is 1. The minimum atomic E-state index is -1.01. The van der Waals surface area contributed by atoms with Crippen LogP contribution in [0.2, 0.25) is 0 Å². The Kier molecular flexibility index (Phi) is 6.29. The predicted octanol–water partition coefficient (Wildman–Crippen LogP) is 2.76. The highest BCUT2D eigenvalue weighted by atomic mass is 16.5. The smallest absolute Gasteiger partial charge is 0.339 e. The van der Waals surface area contributed by atoms with Crippen molar-refractivity contribution in [1.29, 1.82) is 0 Å². The van der Waals surface area contributed by atoms with E-state index in [-0.39, 0.29) is 41.1 Å². The van der Waals surface area contributed by atoms with Crippen LogP contribution < -0.4 is 4.90 Å². The highest BCUT2D eigenvalue weighted by Crippen LogP contribution is 2.32. The maximum atomic E-state index is 13.0. The van der Waals surface area contributed by atoms with E-state index in [4.69, 9.17) is 9.47 Å². The molecule has 1 aliphatic rings. The maximum Gasteiger partial charge on any atom is 0.339 e. The molecule has 0 fully saturated rings. The molecular weight excluding hydrogens is 400 g/mol. The normalized spacial score (nSPS) is 15.9. The summed E-state index contributed by atoms with van der Waals surface area (Å²) in [6.45, 7) is 6.43. The lowest BCUT2D eigenvalue weighted by Crippen LogP contribution is -2.43. The van der Waals surface area contributed by atoms with Gasteiger partial charge in [-0.3, -0.25) is 14.4 Å². The lowest BCUT2D eigenvalue weighted by molar-refractivity contribution is -0.153. The van der Waals surface area contributed by atoms with Crippen LogP contribution in [0.1, 0.15) is 58.4 Å². The Morgan fingerprint density at radius 3 is 2.55 bits per heavy atom. The highest BCUT2D eigenvalue weighted by Gasteiger charge is 2.35. The quantitative estimate of drug-likeness (QED) is 0.562. The molecule has 2 heterocycles. The summed E-state index contributed by atoms with van der Waals surface area (Å²) in [5, 5.41) is 0. The molecule has 8 heteroatoms. The molecular formula is C23H26N2O6. The Balaban J connectivity index is 1.75. The van der Waals surface area contributed by atoms with Crippen LogP contribution >= 0.6 is 0 Å². The number of nitrogens with one attached hydrogen (secondary N) is 1. The summed E-state index contributed by atoms with van der Waals surface area (Å²) in [5.41, 5.74) is 2.89. The zero-order valence-corrected chi connectivity index (χ0v) is 18.3. The molecule has 1 aromatic carbocycles. The molecule has 3 rings (SSSR count). The molecule has 0 saturated carbocycles. The van der Waals surface area contributed by atoms with Gasteiger partial charge < -0.3 is 19.4 Å². The average molecular weight is 426 g/mol. The summed E-state index contributed by atoms with van der Waals surface area (Å²) >= 11 is 0. The van der Waals surface area contributed by atoms with E-state index in [1.807, 2.05) is 31.2 Å². The van der Waals surface area contributed by atoms with Gasteiger partial charge in [-0.1, -0.05) is 18.2 Å². The van der Waals surface area contributed by atoms with Crippen molar-refractivity contribution in [3.63, 3.8) is 0 Å². The first-order chi connectivity index (χ1) is 14.6. The van der Waals surface area contributed by atoms with Gasteiger partial charge in [0.05, 0.1) is 24.8 Å². The zero-order valence-electron chi connectivity index (χ0n) is 18.3. The van der Waals surface area contributed by atoms with Gasteiger partial charge in [0.2, 0.25) is 0 Å². The minimum absolute atomic E-state index is 0.0406. The van der Waals surface area contributed by atoms with Gasteiger partial charge in [-0.05, 0) is 44.4 Å². The second-order valence-corrected chi connectivity index (χ2v) is 7.73. The van der Waals surface area contributed by atoms with Crippen molar-refractivity contribution in [2.45, 2.75) is 52.7 Å². The molecule has 1 aromatic heterocycles. The summed E-state index contributed by atoms with van der Waals surface area (Å²) in [6, 6.07) is 7.60. The molecule has 0 aliphatic carbocycles. The fourth-order valence-electron chi connectivity index (χ4n) is 4.05. The summed E-state index contributed by atoms with van der Waals surface area (Å²) < 4.78 is 10.2. The van der Waals surface area contributed by atoms with Crippen molar-refractivity contribution >= 4 is 29.3 Å². The second kappa shape index (κ2) is 8.75. The molecule has 2 atom stereocenters. The number of hydrogen-bond acceptors (Lipinski definition) is 6.